The number of aliphatic carboxylic acids is 1. The summed E-state index contributed by atoms with van der Waals surface area (Å²) in [5, 5.41) is 11.9. The van der Waals surface area contributed by atoms with Crippen LogP contribution in [-0.2, 0) is 20.9 Å². The van der Waals surface area contributed by atoms with Gasteiger partial charge in [0.25, 0.3) is 5.91 Å². The fourth-order valence-corrected chi connectivity index (χ4v) is 2.83. The Labute approximate surface area is 161 Å². The van der Waals surface area contributed by atoms with Gasteiger partial charge in [-0.15, -0.1) is 0 Å². The third-order valence-corrected chi connectivity index (χ3v) is 4.32. The molecule has 2 atom stereocenters. The molecule has 3 rings (SSSR count). The first kappa shape index (κ1) is 19.2. The summed E-state index contributed by atoms with van der Waals surface area (Å²) in [5.74, 6) is -1.39. The van der Waals surface area contributed by atoms with Crippen LogP contribution in [0.3, 0.4) is 0 Å². The molecule has 1 aliphatic rings. The molecule has 0 radical (unpaired) electrons. The second-order valence-electron chi connectivity index (χ2n) is 6.26. The molecule has 146 valence electrons. The van der Waals surface area contributed by atoms with Crippen LogP contribution in [0.4, 0.5) is 10.5 Å². The number of ether oxygens (including phenoxy) is 2. The van der Waals surface area contributed by atoms with Gasteiger partial charge in [-0.2, -0.15) is 0 Å². The number of carbonyl (C=O) groups is 3. The summed E-state index contributed by atoms with van der Waals surface area (Å²) >= 11 is 0. The summed E-state index contributed by atoms with van der Waals surface area (Å²) in [7, 11) is 0. The number of carbonyl (C=O) groups excluding carboxylic acids is 2. The standard InChI is InChI=1S/C20H20N2O6/c1-13(19(24)25)22-16-9-5-6-10-17(16)27-12-15(18(22)23)21-20(26)28-11-14-7-3-2-4-8-14/h2-10,13,15H,11-12H2,1H3,(H,21,26)(H,24,25). The van der Waals surface area contributed by atoms with E-state index < -0.39 is 30.1 Å². The molecule has 0 bridgehead atoms. The van der Waals surface area contributed by atoms with Crippen LogP contribution in [0.25, 0.3) is 0 Å². The molecule has 2 aromatic carbocycles. The number of anilines is 1. The van der Waals surface area contributed by atoms with Crippen molar-refractivity contribution >= 4 is 23.7 Å². The summed E-state index contributed by atoms with van der Waals surface area (Å²) in [5.41, 5.74) is 1.14. The van der Waals surface area contributed by atoms with Gasteiger partial charge in [-0.25, -0.2) is 9.59 Å². The second kappa shape index (κ2) is 8.43. The lowest BCUT2D eigenvalue weighted by Gasteiger charge is -2.27. The van der Waals surface area contributed by atoms with Gasteiger partial charge in [-0.3, -0.25) is 9.69 Å². The van der Waals surface area contributed by atoms with Crippen LogP contribution in [0.2, 0.25) is 0 Å². The molecule has 1 heterocycles. The Morgan fingerprint density at radius 3 is 2.61 bits per heavy atom. The molecule has 1 aliphatic heterocycles. The smallest absolute Gasteiger partial charge is 0.408 e. The molecule has 8 heteroatoms. The number of nitrogens with one attached hydrogen (secondary N) is 1. The van der Waals surface area contributed by atoms with E-state index in [4.69, 9.17) is 9.47 Å². The van der Waals surface area contributed by atoms with Gasteiger partial charge in [0, 0.05) is 0 Å². The average molecular weight is 384 g/mol. The van der Waals surface area contributed by atoms with Gasteiger partial charge in [0.05, 0.1) is 5.69 Å². The van der Waals surface area contributed by atoms with Crippen molar-refractivity contribution in [3.8, 4) is 5.75 Å². The predicted molar refractivity (Wildman–Crippen MR) is 100 cm³/mol. The van der Waals surface area contributed by atoms with E-state index in [1.165, 1.54) is 6.92 Å². The number of alkyl carbamates (subject to hydrolysis) is 1. The quantitative estimate of drug-likeness (QED) is 0.819. The number of hydrogen-bond donors (Lipinski definition) is 2. The van der Waals surface area contributed by atoms with Crippen molar-refractivity contribution in [2.75, 3.05) is 11.5 Å². The van der Waals surface area contributed by atoms with Gasteiger partial charge in [0.1, 0.15) is 31.0 Å². The van der Waals surface area contributed by atoms with E-state index in [-0.39, 0.29) is 13.2 Å². The van der Waals surface area contributed by atoms with Gasteiger partial charge in [0.2, 0.25) is 0 Å². The number of rotatable bonds is 5. The van der Waals surface area contributed by atoms with Crippen LogP contribution in [0.1, 0.15) is 12.5 Å². The van der Waals surface area contributed by atoms with E-state index in [1.54, 1.807) is 36.4 Å². The van der Waals surface area contributed by atoms with Crippen molar-refractivity contribution in [2.24, 2.45) is 0 Å². The molecular formula is C20H20N2O6. The first-order chi connectivity index (χ1) is 13.5. The number of carboxylic acids is 1. The van der Waals surface area contributed by atoms with Crippen molar-refractivity contribution in [1.29, 1.82) is 0 Å². The Kier molecular flexibility index (Phi) is 5.78. The van der Waals surface area contributed by atoms with E-state index in [0.717, 1.165) is 10.5 Å². The van der Waals surface area contributed by atoms with E-state index in [9.17, 15) is 19.5 Å². The molecule has 0 aromatic heterocycles. The minimum absolute atomic E-state index is 0.0455. The lowest BCUT2D eigenvalue weighted by atomic mass is 10.1. The number of carboxylic acid groups (broad SMARTS) is 1. The number of benzene rings is 2. The number of fused-ring (bicyclic) bond motifs is 1. The zero-order chi connectivity index (χ0) is 20.1. The lowest BCUT2D eigenvalue weighted by molar-refractivity contribution is -0.139. The molecule has 8 nitrogen and oxygen atoms in total. The van der Waals surface area contributed by atoms with Gasteiger partial charge < -0.3 is 19.9 Å². The summed E-state index contributed by atoms with van der Waals surface area (Å²) in [6, 6.07) is 13.5. The van der Waals surface area contributed by atoms with Crippen molar-refractivity contribution in [2.45, 2.75) is 25.6 Å². The fourth-order valence-electron chi connectivity index (χ4n) is 2.83. The molecule has 2 N–H and O–H groups in total. The zero-order valence-corrected chi connectivity index (χ0v) is 15.2. The number of hydrogen-bond acceptors (Lipinski definition) is 5. The molecule has 2 unspecified atom stereocenters. The van der Waals surface area contributed by atoms with Crippen molar-refractivity contribution in [1.82, 2.24) is 5.32 Å². The Morgan fingerprint density at radius 2 is 1.89 bits per heavy atom. The molecule has 0 aliphatic carbocycles. The Bertz CT molecular complexity index is 870. The largest absolute Gasteiger partial charge is 0.489 e. The highest BCUT2D eigenvalue weighted by Crippen LogP contribution is 2.32. The molecular weight excluding hydrogens is 364 g/mol. The average Bonchev–Trinajstić information content (AvgIpc) is 2.83. The molecule has 2 amide bonds. The second-order valence-corrected chi connectivity index (χ2v) is 6.26. The highest BCUT2D eigenvalue weighted by Gasteiger charge is 2.37. The first-order valence-electron chi connectivity index (χ1n) is 8.72. The SMILES string of the molecule is CC(C(=O)O)N1C(=O)C(NC(=O)OCc2ccccc2)COc2ccccc21. The topological polar surface area (TPSA) is 105 Å². The van der Waals surface area contributed by atoms with Crippen LogP contribution >= 0.6 is 0 Å². The van der Waals surface area contributed by atoms with Crippen LogP contribution < -0.4 is 15.0 Å². The van der Waals surface area contributed by atoms with Crippen molar-refractivity contribution < 1.29 is 29.0 Å². The maximum absolute atomic E-state index is 13.0. The van der Waals surface area contributed by atoms with Crippen LogP contribution in [-0.4, -0.2) is 41.8 Å². The van der Waals surface area contributed by atoms with E-state index in [0.29, 0.717) is 11.4 Å². The maximum atomic E-state index is 13.0. The molecule has 0 saturated heterocycles. The monoisotopic (exact) mass is 384 g/mol. The van der Waals surface area contributed by atoms with Crippen molar-refractivity contribution in [3.05, 3.63) is 60.2 Å². The fraction of sp³-hybridized carbons (Fsp3) is 0.250. The highest BCUT2D eigenvalue weighted by atomic mass is 16.5. The molecule has 2 aromatic rings. The van der Waals surface area contributed by atoms with Crippen molar-refractivity contribution in [3.63, 3.8) is 0 Å². The highest BCUT2D eigenvalue weighted by molar-refractivity contribution is 6.04. The summed E-state index contributed by atoms with van der Waals surface area (Å²) < 4.78 is 10.8. The van der Waals surface area contributed by atoms with E-state index in [1.807, 2.05) is 18.2 Å². The molecule has 0 spiro atoms. The Hall–Kier alpha value is -3.55. The van der Waals surface area contributed by atoms with E-state index in [2.05, 4.69) is 5.32 Å². The van der Waals surface area contributed by atoms with Gasteiger partial charge >= 0.3 is 12.1 Å². The van der Waals surface area contributed by atoms with Gasteiger partial charge in [-0.1, -0.05) is 42.5 Å². The zero-order valence-electron chi connectivity index (χ0n) is 15.2. The van der Waals surface area contributed by atoms with E-state index >= 15 is 0 Å². The Balaban J connectivity index is 1.74. The third-order valence-electron chi connectivity index (χ3n) is 4.32. The predicted octanol–water partition coefficient (Wildman–Crippen LogP) is 2.18. The lowest BCUT2D eigenvalue weighted by Crippen LogP contribution is -2.54. The van der Waals surface area contributed by atoms with Crippen LogP contribution in [0.5, 0.6) is 5.75 Å². The summed E-state index contributed by atoms with van der Waals surface area (Å²) in [6.45, 7) is 1.30. The molecule has 28 heavy (non-hydrogen) atoms. The van der Waals surface area contributed by atoms with Gasteiger partial charge in [0.15, 0.2) is 0 Å². The number of nitrogens with zero attached hydrogens (tertiary/aromatic N) is 1. The minimum atomic E-state index is -1.17. The molecule has 0 saturated carbocycles. The van der Waals surface area contributed by atoms with Crippen LogP contribution in [0.15, 0.2) is 54.6 Å². The normalized spacial score (nSPS) is 17.0. The van der Waals surface area contributed by atoms with Gasteiger partial charge in [-0.05, 0) is 24.6 Å². The van der Waals surface area contributed by atoms with Crippen LogP contribution in [0, 0.1) is 0 Å². The number of para-hydroxylation sites is 2. The maximum Gasteiger partial charge on any atom is 0.408 e. The number of amides is 2. The minimum Gasteiger partial charge on any atom is -0.489 e. The summed E-state index contributed by atoms with van der Waals surface area (Å²) in [4.78, 5) is 37.8. The first-order valence-corrected chi connectivity index (χ1v) is 8.72. The third kappa shape index (κ3) is 4.22. The summed E-state index contributed by atoms with van der Waals surface area (Å²) in [6.07, 6.45) is -0.792. The molecule has 0 fully saturated rings. The Morgan fingerprint density at radius 1 is 1.21 bits per heavy atom.